The molecular weight excluding hydrogens is 767 g/mol. The van der Waals surface area contributed by atoms with Crippen LogP contribution in [0.25, 0.3) is 0 Å². The first kappa shape index (κ1) is 56.9. The van der Waals surface area contributed by atoms with Gasteiger partial charge >= 0.3 is 0 Å². The summed E-state index contributed by atoms with van der Waals surface area (Å²) in [5.74, 6) is -0.195. The van der Waals surface area contributed by atoms with Crippen molar-refractivity contribution in [3.05, 3.63) is 60.8 Å². The van der Waals surface area contributed by atoms with E-state index in [9.17, 15) is 30.3 Å². The van der Waals surface area contributed by atoms with Gasteiger partial charge in [-0.2, -0.15) is 0 Å². The molecule has 1 aliphatic heterocycles. The summed E-state index contributed by atoms with van der Waals surface area (Å²) >= 11 is 0. The molecule has 1 rings (SSSR count). The number of aliphatic hydroxyl groups excluding tert-OH is 5. The molecular formula is C52H93NO8. The molecule has 0 aromatic heterocycles. The second kappa shape index (κ2) is 41.9. The molecule has 0 saturated carbocycles. The molecule has 61 heavy (non-hydrogen) atoms. The molecule has 7 unspecified atom stereocenters. The molecule has 0 radical (unpaired) electrons. The van der Waals surface area contributed by atoms with Crippen molar-refractivity contribution in [2.24, 2.45) is 0 Å². The molecule has 1 amide bonds. The number of rotatable bonds is 41. The van der Waals surface area contributed by atoms with E-state index < -0.39 is 49.5 Å². The Hall–Kier alpha value is -2.11. The zero-order chi connectivity index (χ0) is 44.4. The average Bonchev–Trinajstić information content (AvgIpc) is 3.26. The van der Waals surface area contributed by atoms with Gasteiger partial charge in [0.05, 0.1) is 25.4 Å². The van der Waals surface area contributed by atoms with E-state index in [1.165, 1.54) is 128 Å². The number of carbonyl (C=O) groups excluding carboxylic acids is 1. The number of hydrogen-bond donors (Lipinski definition) is 6. The van der Waals surface area contributed by atoms with Crippen molar-refractivity contribution >= 4 is 5.91 Å². The third-order valence-corrected chi connectivity index (χ3v) is 11.5. The van der Waals surface area contributed by atoms with Crippen molar-refractivity contribution in [1.82, 2.24) is 5.32 Å². The van der Waals surface area contributed by atoms with E-state index >= 15 is 0 Å². The molecule has 6 N–H and O–H groups in total. The number of unbranched alkanes of at least 4 members (excludes halogenated alkanes) is 23. The van der Waals surface area contributed by atoms with Gasteiger partial charge in [0, 0.05) is 6.42 Å². The predicted molar refractivity (Wildman–Crippen MR) is 253 cm³/mol. The average molecular weight is 860 g/mol. The highest BCUT2D eigenvalue weighted by molar-refractivity contribution is 5.76. The lowest BCUT2D eigenvalue weighted by Gasteiger charge is -2.40. The van der Waals surface area contributed by atoms with E-state index in [1.807, 2.05) is 6.08 Å². The Morgan fingerprint density at radius 1 is 0.557 bits per heavy atom. The summed E-state index contributed by atoms with van der Waals surface area (Å²) in [5.41, 5.74) is 0. The van der Waals surface area contributed by atoms with Crippen LogP contribution >= 0.6 is 0 Å². The van der Waals surface area contributed by atoms with Gasteiger partial charge in [0.1, 0.15) is 24.4 Å². The highest BCUT2D eigenvalue weighted by atomic mass is 16.7. The number of allylic oxidation sites excluding steroid dienone is 9. The molecule has 1 aliphatic rings. The number of nitrogens with one attached hydrogen (secondary N) is 1. The molecule has 354 valence electrons. The number of aliphatic hydroxyl groups is 5. The molecule has 0 spiro atoms. The molecule has 0 aromatic carbocycles. The lowest BCUT2D eigenvalue weighted by Crippen LogP contribution is -2.60. The van der Waals surface area contributed by atoms with Gasteiger partial charge in [-0.05, 0) is 77.0 Å². The van der Waals surface area contributed by atoms with E-state index in [4.69, 9.17) is 9.47 Å². The van der Waals surface area contributed by atoms with Crippen LogP contribution in [-0.4, -0.2) is 87.5 Å². The minimum atomic E-state index is -1.58. The zero-order valence-electron chi connectivity index (χ0n) is 38.9. The maximum atomic E-state index is 13.0. The normalized spacial score (nSPS) is 20.9. The van der Waals surface area contributed by atoms with Gasteiger partial charge in [-0.15, -0.1) is 0 Å². The van der Waals surface area contributed by atoms with E-state index in [2.05, 4.69) is 67.8 Å². The van der Waals surface area contributed by atoms with Crippen LogP contribution in [0.3, 0.4) is 0 Å². The largest absolute Gasteiger partial charge is 0.394 e. The fraction of sp³-hybridized carbons (Fsp3) is 0.788. The molecule has 0 bridgehead atoms. The predicted octanol–water partition coefficient (Wildman–Crippen LogP) is 11.2. The van der Waals surface area contributed by atoms with Crippen LogP contribution in [0.1, 0.15) is 206 Å². The van der Waals surface area contributed by atoms with Crippen molar-refractivity contribution in [2.45, 2.75) is 249 Å². The van der Waals surface area contributed by atoms with Crippen LogP contribution in [0.15, 0.2) is 60.8 Å². The first-order chi connectivity index (χ1) is 29.8. The molecule has 0 aromatic rings. The molecule has 1 heterocycles. The van der Waals surface area contributed by atoms with Gasteiger partial charge in [-0.1, -0.05) is 184 Å². The number of amides is 1. The monoisotopic (exact) mass is 860 g/mol. The summed E-state index contributed by atoms with van der Waals surface area (Å²) in [6.07, 6.45) is 48.4. The Morgan fingerprint density at radius 2 is 0.984 bits per heavy atom. The number of ether oxygens (including phenoxy) is 2. The van der Waals surface area contributed by atoms with Gasteiger partial charge in [0.2, 0.25) is 5.91 Å². The van der Waals surface area contributed by atoms with Crippen molar-refractivity contribution < 1.29 is 39.8 Å². The summed E-state index contributed by atoms with van der Waals surface area (Å²) in [7, 11) is 0. The maximum absolute atomic E-state index is 13.0. The Morgan fingerprint density at radius 3 is 1.48 bits per heavy atom. The standard InChI is InChI=1S/C52H93NO8/c1-3-5-7-9-11-13-15-17-19-20-21-22-23-24-25-26-28-30-32-34-36-38-40-42-48(56)53-45(44-60-52-51(59)50(58)49(57)47(43-54)61-52)46(55)41-39-37-35-33-31-29-27-18-16-14-12-10-8-6-4-2/h15-18,20-21,31,33,39,41,45-47,49-52,54-55,57-59H,3-14,19,22-30,32,34-38,40,42-44H2,1-2H3,(H,53,56)/b17-15-,18-16+,21-20-,33-31+,41-39+. The fourth-order valence-corrected chi connectivity index (χ4v) is 7.51. The first-order valence-corrected chi connectivity index (χ1v) is 25.0. The van der Waals surface area contributed by atoms with Crippen LogP contribution in [0.2, 0.25) is 0 Å². The quantitative estimate of drug-likeness (QED) is 0.0263. The highest BCUT2D eigenvalue weighted by Crippen LogP contribution is 2.22. The Labute approximate surface area is 373 Å². The van der Waals surface area contributed by atoms with Crippen LogP contribution in [-0.2, 0) is 14.3 Å². The maximum Gasteiger partial charge on any atom is 0.220 e. The lowest BCUT2D eigenvalue weighted by atomic mass is 9.99. The van der Waals surface area contributed by atoms with Crippen molar-refractivity contribution in [1.29, 1.82) is 0 Å². The summed E-state index contributed by atoms with van der Waals surface area (Å²) in [6.45, 7) is 3.72. The van der Waals surface area contributed by atoms with Gasteiger partial charge in [-0.25, -0.2) is 0 Å². The second-order valence-electron chi connectivity index (χ2n) is 17.2. The van der Waals surface area contributed by atoms with E-state index in [-0.39, 0.29) is 12.5 Å². The van der Waals surface area contributed by atoms with E-state index in [0.29, 0.717) is 6.42 Å². The first-order valence-electron chi connectivity index (χ1n) is 25.0. The third kappa shape index (κ3) is 32.2. The minimum Gasteiger partial charge on any atom is -0.394 e. The Bertz CT molecular complexity index is 1140. The van der Waals surface area contributed by atoms with Crippen LogP contribution < -0.4 is 5.32 Å². The van der Waals surface area contributed by atoms with Crippen LogP contribution in [0.4, 0.5) is 0 Å². The van der Waals surface area contributed by atoms with Crippen LogP contribution in [0, 0.1) is 0 Å². The van der Waals surface area contributed by atoms with E-state index in [1.54, 1.807) is 6.08 Å². The molecule has 1 fully saturated rings. The highest BCUT2D eigenvalue weighted by Gasteiger charge is 2.44. The van der Waals surface area contributed by atoms with Gasteiger partial charge in [0.25, 0.3) is 0 Å². The van der Waals surface area contributed by atoms with E-state index in [0.717, 1.165) is 57.8 Å². The number of carbonyl (C=O) groups is 1. The Kier molecular flexibility index (Phi) is 39.1. The fourth-order valence-electron chi connectivity index (χ4n) is 7.51. The molecule has 1 saturated heterocycles. The topological polar surface area (TPSA) is 149 Å². The van der Waals surface area contributed by atoms with Crippen molar-refractivity contribution in [3.8, 4) is 0 Å². The van der Waals surface area contributed by atoms with Gasteiger partial charge in [-0.3, -0.25) is 4.79 Å². The van der Waals surface area contributed by atoms with Crippen molar-refractivity contribution in [3.63, 3.8) is 0 Å². The summed E-state index contributed by atoms with van der Waals surface area (Å²) in [5, 5.41) is 54.2. The van der Waals surface area contributed by atoms with Gasteiger partial charge < -0.3 is 40.3 Å². The summed E-state index contributed by atoms with van der Waals surface area (Å²) in [4.78, 5) is 13.0. The van der Waals surface area contributed by atoms with Gasteiger partial charge in [0.15, 0.2) is 6.29 Å². The third-order valence-electron chi connectivity index (χ3n) is 11.5. The molecule has 7 atom stereocenters. The lowest BCUT2D eigenvalue weighted by molar-refractivity contribution is -0.302. The number of hydrogen-bond acceptors (Lipinski definition) is 8. The van der Waals surface area contributed by atoms with Crippen LogP contribution in [0.5, 0.6) is 0 Å². The van der Waals surface area contributed by atoms with Crippen molar-refractivity contribution in [2.75, 3.05) is 13.2 Å². The molecule has 9 heteroatoms. The SMILES string of the molecule is CCCCCCC/C=C\C/C=C\CCCCCCCCCCCCCC(=O)NC(COC1OC(CO)C(O)C(O)C1O)C(O)/C=C/CC/C=C/CC/C=C/CCCCCCC. The summed E-state index contributed by atoms with van der Waals surface area (Å²) in [6, 6.07) is -0.830. The molecule has 0 aliphatic carbocycles. The molecule has 9 nitrogen and oxygen atoms in total. The minimum absolute atomic E-state index is 0.195. The second-order valence-corrected chi connectivity index (χ2v) is 17.2. The zero-order valence-corrected chi connectivity index (χ0v) is 38.9. The Balaban J connectivity index is 2.31. The summed E-state index contributed by atoms with van der Waals surface area (Å²) < 4.78 is 11.2. The smallest absolute Gasteiger partial charge is 0.220 e.